The number of rotatable bonds is 7. The van der Waals surface area contributed by atoms with Crippen molar-refractivity contribution in [3.63, 3.8) is 0 Å². The maximum absolute atomic E-state index is 12.7. The van der Waals surface area contributed by atoms with Gasteiger partial charge in [-0.15, -0.1) is 0 Å². The Morgan fingerprint density at radius 2 is 1.75 bits per heavy atom. The zero-order valence-corrected chi connectivity index (χ0v) is 15.3. The van der Waals surface area contributed by atoms with Gasteiger partial charge in [-0.05, 0) is 30.3 Å². The summed E-state index contributed by atoms with van der Waals surface area (Å²) >= 11 is 0. The lowest BCUT2D eigenvalue weighted by molar-refractivity contribution is -0.117. The number of carbonyl (C=O) groups excluding carboxylic acids is 2. The molecule has 0 radical (unpaired) electrons. The lowest BCUT2D eigenvalue weighted by Gasteiger charge is -2.12. The maximum Gasteiger partial charge on any atom is 0.268 e. The highest BCUT2D eigenvalue weighted by Crippen LogP contribution is 2.17. The molecule has 3 rings (SSSR count). The molecule has 0 bridgehead atoms. The van der Waals surface area contributed by atoms with Crippen LogP contribution in [0.2, 0.25) is 0 Å². The lowest BCUT2D eigenvalue weighted by atomic mass is 10.2. The molecular weight excluding hydrogens is 356 g/mol. The molecule has 1 heterocycles. The van der Waals surface area contributed by atoms with E-state index in [1.165, 1.54) is 12.3 Å². The molecule has 0 atom stereocenters. The number of carbonyl (C=O) groups is 2. The van der Waals surface area contributed by atoms with Gasteiger partial charge in [-0.2, -0.15) is 0 Å². The van der Waals surface area contributed by atoms with E-state index in [9.17, 15) is 9.59 Å². The number of amides is 2. The highest BCUT2D eigenvalue weighted by molar-refractivity contribution is 6.05. The molecule has 3 aromatic rings. The van der Waals surface area contributed by atoms with Gasteiger partial charge >= 0.3 is 0 Å². The van der Waals surface area contributed by atoms with Crippen molar-refractivity contribution in [1.82, 2.24) is 10.6 Å². The minimum absolute atomic E-state index is 0.0821. The second-order valence-electron chi connectivity index (χ2n) is 5.89. The number of nitrogens with one attached hydrogen (secondary N) is 2. The Balaban J connectivity index is 1.76. The molecule has 0 aliphatic rings. The predicted molar refractivity (Wildman–Crippen MR) is 105 cm³/mol. The van der Waals surface area contributed by atoms with Gasteiger partial charge in [-0.1, -0.05) is 36.4 Å². The second-order valence-corrected chi connectivity index (χ2v) is 5.89. The number of methoxy groups -OCH3 is 1. The third-order valence-electron chi connectivity index (χ3n) is 3.99. The van der Waals surface area contributed by atoms with Gasteiger partial charge in [-0.3, -0.25) is 9.59 Å². The van der Waals surface area contributed by atoms with Crippen molar-refractivity contribution in [3.8, 4) is 5.75 Å². The Morgan fingerprint density at radius 3 is 2.46 bits per heavy atom. The van der Waals surface area contributed by atoms with Crippen LogP contribution in [0.1, 0.15) is 21.7 Å². The van der Waals surface area contributed by atoms with E-state index >= 15 is 0 Å². The van der Waals surface area contributed by atoms with Crippen molar-refractivity contribution in [2.75, 3.05) is 7.11 Å². The number of hydrogen-bond acceptors (Lipinski definition) is 4. The van der Waals surface area contributed by atoms with Crippen molar-refractivity contribution >= 4 is 17.9 Å². The summed E-state index contributed by atoms with van der Waals surface area (Å²) < 4.78 is 10.6. The molecule has 1 aromatic heterocycles. The molecule has 6 nitrogen and oxygen atoms in total. The summed E-state index contributed by atoms with van der Waals surface area (Å²) in [7, 11) is 1.57. The first-order valence-corrected chi connectivity index (χ1v) is 8.69. The average molecular weight is 376 g/mol. The molecule has 0 aliphatic heterocycles. The van der Waals surface area contributed by atoms with Crippen LogP contribution >= 0.6 is 0 Å². The Morgan fingerprint density at radius 1 is 1.00 bits per heavy atom. The van der Waals surface area contributed by atoms with Crippen LogP contribution in [0.15, 0.2) is 83.1 Å². The smallest absolute Gasteiger partial charge is 0.268 e. The molecule has 0 saturated heterocycles. The summed E-state index contributed by atoms with van der Waals surface area (Å²) in [6.07, 6.45) is 2.98. The Hall–Kier alpha value is -3.80. The molecule has 0 unspecified atom stereocenters. The molecule has 2 aromatic carbocycles. The van der Waals surface area contributed by atoms with Crippen molar-refractivity contribution in [3.05, 3.63) is 95.6 Å². The first-order chi connectivity index (χ1) is 13.7. The first-order valence-electron chi connectivity index (χ1n) is 8.69. The Labute approximate surface area is 162 Å². The van der Waals surface area contributed by atoms with Crippen molar-refractivity contribution in [1.29, 1.82) is 0 Å². The molecule has 0 aliphatic carbocycles. The average Bonchev–Trinajstić information content (AvgIpc) is 3.25. The summed E-state index contributed by atoms with van der Waals surface area (Å²) in [6.45, 7) is 0.250. The normalized spacial score (nSPS) is 11.0. The number of furan rings is 1. The third kappa shape index (κ3) is 4.88. The van der Waals surface area contributed by atoms with Crippen LogP contribution in [0, 0.1) is 0 Å². The van der Waals surface area contributed by atoms with Crippen LogP contribution in [0.5, 0.6) is 5.75 Å². The zero-order chi connectivity index (χ0) is 19.8. The number of para-hydroxylation sites is 1. The number of ether oxygens (including phenoxy) is 1. The van der Waals surface area contributed by atoms with Gasteiger partial charge < -0.3 is 19.8 Å². The summed E-state index contributed by atoms with van der Waals surface area (Å²) in [6, 6.07) is 19.5. The zero-order valence-electron chi connectivity index (χ0n) is 15.3. The molecule has 2 amide bonds. The van der Waals surface area contributed by atoms with E-state index in [1.807, 2.05) is 30.3 Å². The van der Waals surface area contributed by atoms with Gasteiger partial charge in [0.15, 0.2) is 0 Å². The van der Waals surface area contributed by atoms with E-state index in [4.69, 9.17) is 9.15 Å². The summed E-state index contributed by atoms with van der Waals surface area (Å²) in [5.41, 5.74) is 1.36. The van der Waals surface area contributed by atoms with Crippen molar-refractivity contribution < 1.29 is 18.7 Å². The van der Waals surface area contributed by atoms with E-state index in [2.05, 4.69) is 10.6 Å². The molecule has 0 saturated carbocycles. The topological polar surface area (TPSA) is 80.6 Å². The highest BCUT2D eigenvalue weighted by Gasteiger charge is 2.15. The minimum atomic E-state index is -0.438. The fourth-order valence-corrected chi connectivity index (χ4v) is 2.58. The first kappa shape index (κ1) is 19.0. The Kier molecular flexibility index (Phi) is 6.25. The van der Waals surface area contributed by atoms with Crippen molar-refractivity contribution in [2.45, 2.75) is 6.54 Å². The monoisotopic (exact) mass is 376 g/mol. The highest BCUT2D eigenvalue weighted by atomic mass is 16.5. The van der Waals surface area contributed by atoms with E-state index < -0.39 is 5.91 Å². The third-order valence-corrected chi connectivity index (χ3v) is 3.99. The second kappa shape index (κ2) is 9.23. The predicted octanol–water partition coefficient (Wildman–Crippen LogP) is 3.38. The van der Waals surface area contributed by atoms with Gasteiger partial charge in [0.2, 0.25) is 0 Å². The molecule has 0 fully saturated rings. The number of benzene rings is 2. The van der Waals surface area contributed by atoms with Crippen LogP contribution in [0.25, 0.3) is 6.08 Å². The number of hydrogen-bond donors (Lipinski definition) is 2. The minimum Gasteiger partial charge on any atom is -0.496 e. The standard InChI is InChI=1S/C22H20N2O4/c1-27-20-12-6-5-10-17(20)15-23-22(26)19(14-18-11-7-13-28-18)24-21(25)16-8-3-2-4-9-16/h2-14H,15H2,1H3,(H,23,26)(H,24,25)/b19-14-. The molecule has 6 heteroatoms. The molecule has 142 valence electrons. The van der Waals surface area contributed by atoms with Crippen LogP contribution in [0.3, 0.4) is 0 Å². The molecule has 2 N–H and O–H groups in total. The van der Waals surface area contributed by atoms with E-state index in [0.29, 0.717) is 17.1 Å². The Bertz CT molecular complexity index is 963. The summed E-state index contributed by atoms with van der Waals surface area (Å²) in [4.78, 5) is 25.2. The van der Waals surface area contributed by atoms with Gasteiger partial charge in [0.05, 0.1) is 13.4 Å². The van der Waals surface area contributed by atoms with Crippen LogP contribution < -0.4 is 15.4 Å². The fraction of sp³-hybridized carbons (Fsp3) is 0.0909. The van der Waals surface area contributed by atoms with Gasteiger partial charge in [0.1, 0.15) is 17.2 Å². The van der Waals surface area contributed by atoms with E-state index in [1.54, 1.807) is 43.5 Å². The van der Waals surface area contributed by atoms with Crippen LogP contribution in [-0.2, 0) is 11.3 Å². The van der Waals surface area contributed by atoms with E-state index in [-0.39, 0.29) is 18.1 Å². The lowest BCUT2D eigenvalue weighted by Crippen LogP contribution is -2.34. The molecule has 28 heavy (non-hydrogen) atoms. The summed E-state index contributed by atoms with van der Waals surface area (Å²) in [5.74, 6) is 0.306. The quantitative estimate of drug-likeness (QED) is 0.620. The van der Waals surface area contributed by atoms with E-state index in [0.717, 1.165) is 5.56 Å². The SMILES string of the molecule is COc1ccccc1CNC(=O)/C(=C/c1ccco1)NC(=O)c1ccccc1. The van der Waals surface area contributed by atoms with Crippen LogP contribution in [0.4, 0.5) is 0 Å². The fourth-order valence-electron chi connectivity index (χ4n) is 2.58. The van der Waals surface area contributed by atoms with Crippen molar-refractivity contribution in [2.24, 2.45) is 0 Å². The van der Waals surface area contributed by atoms with Gasteiger partial charge in [0, 0.05) is 23.7 Å². The maximum atomic E-state index is 12.7. The largest absolute Gasteiger partial charge is 0.496 e. The molecule has 0 spiro atoms. The summed E-state index contributed by atoms with van der Waals surface area (Å²) in [5, 5.41) is 5.45. The van der Waals surface area contributed by atoms with Gasteiger partial charge in [-0.25, -0.2) is 0 Å². The van der Waals surface area contributed by atoms with Crippen LogP contribution in [-0.4, -0.2) is 18.9 Å². The molecular formula is C22H20N2O4. The van der Waals surface area contributed by atoms with Gasteiger partial charge in [0.25, 0.3) is 11.8 Å².